The van der Waals surface area contributed by atoms with Crippen molar-refractivity contribution in [1.82, 2.24) is 20.9 Å². The predicted molar refractivity (Wildman–Crippen MR) is 150 cm³/mol. The fourth-order valence-electron chi connectivity index (χ4n) is 4.30. The van der Waals surface area contributed by atoms with Crippen LogP contribution in [0.1, 0.15) is 24.0 Å². The van der Waals surface area contributed by atoms with Crippen molar-refractivity contribution in [2.45, 2.75) is 49.9 Å². The predicted octanol–water partition coefficient (Wildman–Crippen LogP) is -0.830. The van der Waals surface area contributed by atoms with Crippen LogP contribution < -0.4 is 27.4 Å². The maximum absolute atomic E-state index is 13.0. The molecule has 10 N–H and O–H groups in total. The Kier molecular flexibility index (Phi) is 10.7. The van der Waals surface area contributed by atoms with E-state index in [0.717, 1.165) is 16.5 Å². The van der Waals surface area contributed by atoms with Gasteiger partial charge in [-0.2, -0.15) is 0 Å². The Bertz CT molecular complexity index is 1460. The first-order valence-electron chi connectivity index (χ1n) is 12.9. The van der Waals surface area contributed by atoms with Crippen molar-refractivity contribution in [3.63, 3.8) is 0 Å². The van der Waals surface area contributed by atoms with Crippen molar-refractivity contribution in [3.05, 3.63) is 71.9 Å². The summed E-state index contributed by atoms with van der Waals surface area (Å²) in [5.41, 5.74) is 13.3. The molecule has 0 saturated carbocycles. The molecule has 3 aromatic rings. The second-order valence-corrected chi connectivity index (χ2v) is 9.65. The number of nitrogens with two attached hydrogens (primary N) is 2. The smallest absolute Gasteiger partial charge is 0.326 e. The molecule has 0 saturated heterocycles. The van der Waals surface area contributed by atoms with E-state index >= 15 is 0 Å². The van der Waals surface area contributed by atoms with E-state index in [2.05, 4.69) is 20.9 Å². The molecule has 42 heavy (non-hydrogen) atoms. The SMILES string of the molecule is NC(=O)CC(NC(=O)C(N)Cc1ccccc1)C(=O)NC(CC(=O)O)C(=O)NC(Cc1c[nH]c2ccccc12)C(=O)O. The zero-order valence-corrected chi connectivity index (χ0v) is 22.4. The van der Waals surface area contributed by atoms with Crippen molar-refractivity contribution in [3.8, 4) is 0 Å². The number of carboxylic acids is 2. The number of benzene rings is 2. The Morgan fingerprint density at radius 2 is 1.31 bits per heavy atom. The molecular weight excluding hydrogens is 548 g/mol. The molecule has 4 amide bonds. The number of carboxylic acid groups (broad SMARTS) is 2. The van der Waals surface area contributed by atoms with Gasteiger partial charge in [0.15, 0.2) is 0 Å². The van der Waals surface area contributed by atoms with Gasteiger partial charge in [-0.25, -0.2) is 4.79 Å². The van der Waals surface area contributed by atoms with Gasteiger partial charge in [0.2, 0.25) is 23.6 Å². The van der Waals surface area contributed by atoms with E-state index in [1.54, 1.807) is 60.8 Å². The van der Waals surface area contributed by atoms with Crippen molar-refractivity contribution >= 4 is 46.5 Å². The van der Waals surface area contributed by atoms with Gasteiger partial charge in [-0.1, -0.05) is 48.5 Å². The van der Waals surface area contributed by atoms with Gasteiger partial charge < -0.3 is 42.6 Å². The van der Waals surface area contributed by atoms with E-state index in [-0.39, 0.29) is 12.8 Å². The molecule has 0 bridgehead atoms. The van der Waals surface area contributed by atoms with Crippen LogP contribution in [0.4, 0.5) is 0 Å². The van der Waals surface area contributed by atoms with Gasteiger partial charge >= 0.3 is 11.9 Å². The summed E-state index contributed by atoms with van der Waals surface area (Å²) >= 11 is 0. The molecule has 0 radical (unpaired) electrons. The van der Waals surface area contributed by atoms with E-state index < -0.39 is 72.6 Å². The monoisotopic (exact) mass is 580 g/mol. The highest BCUT2D eigenvalue weighted by atomic mass is 16.4. The van der Waals surface area contributed by atoms with E-state index in [1.807, 2.05) is 0 Å². The van der Waals surface area contributed by atoms with E-state index in [1.165, 1.54) is 0 Å². The quantitative estimate of drug-likeness (QED) is 0.112. The first-order valence-corrected chi connectivity index (χ1v) is 12.9. The number of aromatic amines is 1. The molecule has 0 aliphatic rings. The van der Waals surface area contributed by atoms with Crippen LogP contribution >= 0.6 is 0 Å². The average molecular weight is 581 g/mol. The number of amides is 4. The van der Waals surface area contributed by atoms with Crippen LogP contribution in [-0.2, 0) is 41.6 Å². The number of hydrogen-bond acceptors (Lipinski definition) is 7. The first-order chi connectivity index (χ1) is 19.9. The van der Waals surface area contributed by atoms with E-state index in [0.29, 0.717) is 5.56 Å². The van der Waals surface area contributed by atoms with Crippen LogP contribution in [0.5, 0.6) is 0 Å². The molecule has 3 rings (SSSR count). The summed E-state index contributed by atoms with van der Waals surface area (Å²) in [4.78, 5) is 76.9. The molecule has 222 valence electrons. The average Bonchev–Trinajstić information content (AvgIpc) is 3.34. The minimum atomic E-state index is -1.75. The molecule has 14 heteroatoms. The molecule has 14 nitrogen and oxygen atoms in total. The standard InChI is InChI=1S/C28H32N6O8/c29-18(10-15-6-2-1-3-7-15)25(38)32-20(12-23(30)35)26(39)33-21(13-24(36)37)27(40)34-22(28(41)42)11-16-14-31-19-9-5-4-8-17(16)19/h1-9,14,18,20-22,31H,10-13,29H2,(H2,30,35)(H,32,38)(H,33,39)(H,34,40)(H,36,37)(H,41,42). The van der Waals surface area contributed by atoms with Crippen LogP contribution in [-0.4, -0.2) is 74.9 Å². The molecule has 1 aromatic heterocycles. The topological polar surface area (TPSA) is 247 Å². The third kappa shape index (κ3) is 8.89. The van der Waals surface area contributed by atoms with Crippen LogP contribution in [0.3, 0.4) is 0 Å². The van der Waals surface area contributed by atoms with Crippen molar-refractivity contribution < 1.29 is 39.0 Å². The number of carbonyl (C=O) groups excluding carboxylic acids is 4. The Morgan fingerprint density at radius 3 is 1.93 bits per heavy atom. The maximum Gasteiger partial charge on any atom is 0.326 e. The number of primary amides is 1. The molecule has 1 heterocycles. The summed E-state index contributed by atoms with van der Waals surface area (Å²) in [7, 11) is 0. The van der Waals surface area contributed by atoms with Gasteiger partial charge in [-0.3, -0.25) is 24.0 Å². The maximum atomic E-state index is 13.0. The zero-order chi connectivity index (χ0) is 30.8. The van der Waals surface area contributed by atoms with Crippen molar-refractivity contribution in [1.29, 1.82) is 0 Å². The van der Waals surface area contributed by atoms with Gasteiger partial charge in [0.1, 0.15) is 18.1 Å². The van der Waals surface area contributed by atoms with Gasteiger partial charge in [0, 0.05) is 23.5 Å². The third-order valence-electron chi connectivity index (χ3n) is 6.40. The van der Waals surface area contributed by atoms with E-state index in [9.17, 15) is 39.0 Å². The van der Waals surface area contributed by atoms with Crippen LogP contribution in [0.15, 0.2) is 60.8 Å². The van der Waals surface area contributed by atoms with E-state index in [4.69, 9.17) is 11.5 Å². The molecule has 2 aromatic carbocycles. The minimum Gasteiger partial charge on any atom is -0.481 e. The van der Waals surface area contributed by atoms with Crippen LogP contribution in [0, 0.1) is 0 Å². The summed E-state index contributed by atoms with van der Waals surface area (Å²) in [6.07, 6.45) is -0.00683. The number of H-pyrrole nitrogens is 1. The minimum absolute atomic E-state index is 0.120. The number of hydrogen-bond donors (Lipinski definition) is 8. The number of carbonyl (C=O) groups is 6. The molecule has 0 spiro atoms. The summed E-state index contributed by atoms with van der Waals surface area (Å²) in [5.74, 6) is -6.79. The summed E-state index contributed by atoms with van der Waals surface area (Å²) in [6, 6.07) is 10.0. The van der Waals surface area contributed by atoms with Crippen LogP contribution in [0.25, 0.3) is 10.9 Å². The molecule has 0 aliphatic carbocycles. The highest BCUT2D eigenvalue weighted by molar-refractivity contribution is 5.97. The lowest BCUT2D eigenvalue weighted by atomic mass is 10.0. The number of fused-ring (bicyclic) bond motifs is 1. The van der Waals surface area contributed by atoms with Crippen LogP contribution in [0.2, 0.25) is 0 Å². The molecule has 4 unspecified atom stereocenters. The van der Waals surface area contributed by atoms with Gasteiger partial charge in [-0.05, 0) is 23.6 Å². The largest absolute Gasteiger partial charge is 0.481 e. The van der Waals surface area contributed by atoms with Crippen molar-refractivity contribution in [2.75, 3.05) is 0 Å². The number of para-hydroxylation sites is 1. The number of aromatic nitrogens is 1. The molecule has 4 atom stereocenters. The lowest BCUT2D eigenvalue weighted by Crippen LogP contribution is -2.58. The Hall–Kier alpha value is -5.24. The number of aliphatic carboxylic acids is 2. The number of rotatable bonds is 15. The normalized spacial score (nSPS) is 13.7. The Labute approximate surface area is 239 Å². The highest BCUT2D eigenvalue weighted by Crippen LogP contribution is 2.19. The molecular formula is C28H32N6O8. The Balaban J connectivity index is 1.72. The number of nitrogens with one attached hydrogen (secondary N) is 4. The fraction of sp³-hybridized carbons (Fsp3) is 0.286. The summed E-state index contributed by atoms with van der Waals surface area (Å²) in [6.45, 7) is 0. The van der Waals surface area contributed by atoms with Gasteiger partial charge in [0.25, 0.3) is 0 Å². The highest BCUT2D eigenvalue weighted by Gasteiger charge is 2.32. The van der Waals surface area contributed by atoms with Gasteiger partial charge in [0.05, 0.1) is 18.9 Å². The fourth-order valence-corrected chi connectivity index (χ4v) is 4.30. The zero-order valence-electron chi connectivity index (χ0n) is 22.4. The lowest BCUT2D eigenvalue weighted by Gasteiger charge is -2.24. The third-order valence-corrected chi connectivity index (χ3v) is 6.40. The van der Waals surface area contributed by atoms with Crippen molar-refractivity contribution in [2.24, 2.45) is 11.5 Å². The summed E-state index contributed by atoms with van der Waals surface area (Å²) in [5, 5.41) is 26.6. The summed E-state index contributed by atoms with van der Waals surface area (Å²) < 4.78 is 0. The molecule has 0 aliphatic heterocycles. The first kappa shape index (κ1) is 31.3. The lowest BCUT2D eigenvalue weighted by molar-refractivity contribution is -0.143. The Morgan fingerprint density at radius 1 is 0.738 bits per heavy atom. The second-order valence-electron chi connectivity index (χ2n) is 9.65. The van der Waals surface area contributed by atoms with Gasteiger partial charge in [-0.15, -0.1) is 0 Å². The second kappa shape index (κ2) is 14.4. The molecule has 0 fully saturated rings.